The number of likely N-dealkylation sites (tertiary alicyclic amines) is 1. The monoisotopic (exact) mass is 550 g/mol. The standard InChI is InChI=1S/C34H34N2O5/c1-3-4-18-26(34(40)41-19-27(37)35-20(2)21-12-6-5-7-13-21)36-32(38)30-28-22-14-8-9-15-23(22)29(31(30)33(36)39)25-17-11-10-16-24(25)28/h5-17,20,26,28-31H,3-4,18-19H2,1-2H3,(H,35,37)/t20-,26-,28?,29?,30-,31+/m1/s1. The highest BCUT2D eigenvalue weighted by atomic mass is 16.5. The second-order valence-electron chi connectivity index (χ2n) is 11.3. The van der Waals surface area contributed by atoms with Crippen molar-refractivity contribution in [2.75, 3.05) is 6.61 Å². The molecule has 3 aliphatic carbocycles. The van der Waals surface area contributed by atoms with Gasteiger partial charge in [0.25, 0.3) is 5.91 Å². The molecule has 2 bridgehead atoms. The summed E-state index contributed by atoms with van der Waals surface area (Å²) in [6.45, 7) is 3.36. The van der Waals surface area contributed by atoms with Crippen LogP contribution in [0.2, 0.25) is 0 Å². The van der Waals surface area contributed by atoms with Crippen molar-refractivity contribution in [1.29, 1.82) is 0 Å². The molecular formula is C34H34N2O5. The molecule has 0 unspecified atom stereocenters. The molecule has 7 nitrogen and oxygen atoms in total. The number of benzene rings is 3. The fraction of sp³-hybridized carbons (Fsp3) is 0.353. The lowest BCUT2D eigenvalue weighted by atomic mass is 9.55. The fourth-order valence-corrected chi connectivity index (χ4v) is 7.10. The Balaban J connectivity index is 1.24. The van der Waals surface area contributed by atoms with Gasteiger partial charge in [0.1, 0.15) is 6.04 Å². The second-order valence-corrected chi connectivity index (χ2v) is 11.3. The first-order chi connectivity index (χ1) is 19.9. The van der Waals surface area contributed by atoms with Crippen LogP contribution in [0.1, 0.15) is 78.8 Å². The summed E-state index contributed by atoms with van der Waals surface area (Å²) in [6.07, 6.45) is 1.71. The summed E-state index contributed by atoms with van der Waals surface area (Å²) in [5, 5.41) is 2.84. The summed E-state index contributed by atoms with van der Waals surface area (Å²) >= 11 is 0. The fourth-order valence-electron chi connectivity index (χ4n) is 7.10. The number of carbonyl (C=O) groups excluding carboxylic acids is 4. The maximum absolute atomic E-state index is 14.1. The number of carbonyl (C=O) groups is 4. The number of nitrogens with one attached hydrogen (secondary N) is 1. The number of unbranched alkanes of at least 4 members (excludes halogenated alkanes) is 1. The molecule has 3 aromatic rings. The molecule has 1 aliphatic heterocycles. The Morgan fingerprint density at radius 3 is 1.78 bits per heavy atom. The van der Waals surface area contributed by atoms with Gasteiger partial charge >= 0.3 is 5.97 Å². The van der Waals surface area contributed by atoms with Gasteiger partial charge in [-0.3, -0.25) is 19.3 Å². The van der Waals surface area contributed by atoms with Crippen molar-refractivity contribution in [1.82, 2.24) is 10.2 Å². The van der Waals surface area contributed by atoms with E-state index in [4.69, 9.17) is 4.74 Å². The van der Waals surface area contributed by atoms with Crippen molar-refractivity contribution in [3.63, 3.8) is 0 Å². The van der Waals surface area contributed by atoms with E-state index in [0.29, 0.717) is 12.8 Å². The maximum atomic E-state index is 14.1. The van der Waals surface area contributed by atoms with Gasteiger partial charge in [0.15, 0.2) is 6.61 Å². The molecule has 1 N–H and O–H groups in total. The molecule has 1 heterocycles. The van der Waals surface area contributed by atoms with E-state index in [-0.39, 0.29) is 29.7 Å². The molecular weight excluding hydrogens is 516 g/mol. The SMILES string of the molecule is CCCC[C@H](C(=O)OCC(=O)N[C@H](C)c1ccccc1)N1C(=O)[C@@H]2C3c4ccccc4C(c4ccccc43)[C@@H]2C1=O. The van der Waals surface area contributed by atoms with E-state index in [1.807, 2.05) is 68.4 Å². The molecule has 0 saturated carbocycles. The zero-order valence-corrected chi connectivity index (χ0v) is 23.3. The highest BCUT2D eigenvalue weighted by Gasteiger charge is 2.63. The summed E-state index contributed by atoms with van der Waals surface area (Å²) < 4.78 is 5.46. The number of imide groups is 1. The molecule has 3 aromatic carbocycles. The van der Waals surface area contributed by atoms with Gasteiger partial charge in [0, 0.05) is 11.8 Å². The molecule has 1 fully saturated rings. The molecule has 4 aliphatic rings. The molecule has 210 valence electrons. The van der Waals surface area contributed by atoms with Crippen molar-refractivity contribution < 1.29 is 23.9 Å². The summed E-state index contributed by atoms with van der Waals surface area (Å²) in [6, 6.07) is 24.3. The van der Waals surface area contributed by atoms with E-state index < -0.39 is 36.4 Å². The van der Waals surface area contributed by atoms with E-state index in [1.54, 1.807) is 0 Å². The van der Waals surface area contributed by atoms with Crippen molar-refractivity contribution in [3.8, 4) is 0 Å². The Morgan fingerprint density at radius 1 is 0.805 bits per heavy atom. The van der Waals surface area contributed by atoms with E-state index in [2.05, 4.69) is 29.6 Å². The van der Waals surface area contributed by atoms with Gasteiger partial charge in [-0.2, -0.15) is 0 Å². The molecule has 7 heteroatoms. The van der Waals surface area contributed by atoms with Gasteiger partial charge in [-0.15, -0.1) is 0 Å². The quantitative estimate of drug-likeness (QED) is 0.304. The van der Waals surface area contributed by atoms with Gasteiger partial charge in [-0.25, -0.2) is 4.79 Å². The van der Waals surface area contributed by atoms with Crippen LogP contribution in [0.4, 0.5) is 0 Å². The van der Waals surface area contributed by atoms with Crippen LogP contribution in [0.3, 0.4) is 0 Å². The Labute approximate surface area is 239 Å². The lowest BCUT2D eigenvalue weighted by molar-refractivity contribution is -0.161. The van der Waals surface area contributed by atoms with Crippen molar-refractivity contribution in [2.24, 2.45) is 11.8 Å². The van der Waals surface area contributed by atoms with Crippen LogP contribution >= 0.6 is 0 Å². The normalized spacial score (nSPS) is 23.3. The summed E-state index contributed by atoms with van der Waals surface area (Å²) in [5.74, 6) is -3.42. The first-order valence-electron chi connectivity index (χ1n) is 14.5. The average molecular weight is 551 g/mol. The van der Waals surface area contributed by atoms with Crippen LogP contribution < -0.4 is 5.32 Å². The summed E-state index contributed by atoms with van der Waals surface area (Å²) in [4.78, 5) is 55.5. The van der Waals surface area contributed by atoms with Crippen LogP contribution in [0.25, 0.3) is 0 Å². The highest BCUT2D eigenvalue weighted by Crippen LogP contribution is 2.61. The number of rotatable bonds is 9. The molecule has 7 rings (SSSR count). The number of ether oxygens (including phenoxy) is 1. The van der Waals surface area contributed by atoms with Crippen LogP contribution in [-0.2, 0) is 23.9 Å². The van der Waals surface area contributed by atoms with Gasteiger partial charge in [-0.05, 0) is 41.2 Å². The predicted molar refractivity (Wildman–Crippen MR) is 153 cm³/mol. The van der Waals surface area contributed by atoms with E-state index in [0.717, 1.165) is 34.2 Å². The van der Waals surface area contributed by atoms with Crippen molar-refractivity contribution in [3.05, 3.63) is 107 Å². The van der Waals surface area contributed by atoms with Crippen LogP contribution in [-0.4, -0.2) is 41.2 Å². The van der Waals surface area contributed by atoms with Gasteiger partial charge in [0.2, 0.25) is 11.8 Å². The zero-order valence-electron chi connectivity index (χ0n) is 23.3. The molecule has 1 saturated heterocycles. The molecule has 0 aromatic heterocycles. The van der Waals surface area contributed by atoms with Crippen molar-refractivity contribution >= 4 is 23.7 Å². The first-order valence-corrected chi connectivity index (χ1v) is 14.5. The average Bonchev–Trinajstić information content (AvgIpc) is 3.26. The van der Waals surface area contributed by atoms with Crippen molar-refractivity contribution in [2.45, 2.75) is 57.0 Å². The minimum absolute atomic E-state index is 0.244. The third-order valence-corrected chi connectivity index (χ3v) is 8.92. The third-order valence-electron chi connectivity index (χ3n) is 8.92. The Morgan fingerprint density at radius 2 is 1.29 bits per heavy atom. The Kier molecular flexibility index (Phi) is 7.20. The maximum Gasteiger partial charge on any atom is 0.329 e. The first kappa shape index (κ1) is 26.9. The Hall–Kier alpha value is -4.26. The second kappa shape index (κ2) is 11.0. The number of amides is 3. The smallest absolute Gasteiger partial charge is 0.329 e. The van der Waals surface area contributed by atoms with Crippen LogP contribution in [0.5, 0.6) is 0 Å². The third kappa shape index (κ3) is 4.53. The molecule has 41 heavy (non-hydrogen) atoms. The number of hydrogen-bond donors (Lipinski definition) is 1. The number of esters is 1. The van der Waals surface area contributed by atoms with Gasteiger partial charge < -0.3 is 10.1 Å². The molecule has 4 atom stereocenters. The van der Waals surface area contributed by atoms with E-state index in [1.165, 1.54) is 4.90 Å². The lowest BCUT2D eigenvalue weighted by Gasteiger charge is -2.45. The topological polar surface area (TPSA) is 92.8 Å². The van der Waals surface area contributed by atoms with E-state index >= 15 is 0 Å². The minimum Gasteiger partial charge on any atom is -0.454 e. The Bertz CT molecular complexity index is 1390. The minimum atomic E-state index is -1.06. The summed E-state index contributed by atoms with van der Waals surface area (Å²) in [7, 11) is 0. The molecule has 0 spiro atoms. The summed E-state index contributed by atoms with van der Waals surface area (Å²) in [5.41, 5.74) is 5.25. The lowest BCUT2D eigenvalue weighted by Crippen LogP contribution is -2.47. The number of hydrogen-bond acceptors (Lipinski definition) is 5. The molecule has 0 radical (unpaired) electrons. The van der Waals surface area contributed by atoms with Crippen LogP contribution in [0, 0.1) is 11.8 Å². The van der Waals surface area contributed by atoms with Crippen LogP contribution in [0.15, 0.2) is 78.9 Å². The number of nitrogens with zero attached hydrogens (tertiary/aromatic N) is 1. The molecule has 3 amide bonds. The van der Waals surface area contributed by atoms with Gasteiger partial charge in [0.05, 0.1) is 17.9 Å². The highest BCUT2D eigenvalue weighted by molar-refractivity contribution is 6.10. The zero-order chi connectivity index (χ0) is 28.7. The van der Waals surface area contributed by atoms with E-state index in [9.17, 15) is 19.2 Å². The predicted octanol–water partition coefficient (Wildman–Crippen LogP) is 4.86. The largest absolute Gasteiger partial charge is 0.454 e. The van der Waals surface area contributed by atoms with Gasteiger partial charge in [-0.1, -0.05) is 98.6 Å².